The molecular formula is C35H34N4O4S. The summed E-state index contributed by atoms with van der Waals surface area (Å²) in [6.45, 7) is 8.10. The lowest BCUT2D eigenvalue weighted by molar-refractivity contribution is -0.139. The van der Waals surface area contributed by atoms with Crippen molar-refractivity contribution in [2.24, 2.45) is 4.99 Å². The van der Waals surface area contributed by atoms with E-state index in [2.05, 4.69) is 15.6 Å². The van der Waals surface area contributed by atoms with Gasteiger partial charge in [0.15, 0.2) is 4.80 Å². The average Bonchev–Trinajstić information content (AvgIpc) is 3.49. The predicted octanol–water partition coefficient (Wildman–Crippen LogP) is 5.54. The molecule has 0 saturated carbocycles. The third-order valence-corrected chi connectivity index (χ3v) is 8.96. The number of carbonyl (C=O) groups is 1. The van der Waals surface area contributed by atoms with E-state index < -0.39 is 12.0 Å². The van der Waals surface area contributed by atoms with Crippen LogP contribution >= 0.6 is 11.3 Å². The molecule has 0 amide bonds. The zero-order chi connectivity index (χ0) is 31.0. The zero-order valence-electron chi connectivity index (χ0n) is 25.5. The van der Waals surface area contributed by atoms with Crippen LogP contribution in [0, 0.1) is 13.8 Å². The lowest BCUT2D eigenvalue weighted by Crippen LogP contribution is -2.40. The Hall–Kier alpha value is -4.76. The minimum atomic E-state index is -0.780. The number of hydrogen-bond donors (Lipinski definition) is 0. The molecule has 1 aliphatic rings. The van der Waals surface area contributed by atoms with Crippen molar-refractivity contribution in [1.29, 1.82) is 0 Å². The lowest BCUT2D eigenvalue weighted by Gasteiger charge is -2.28. The normalized spacial score (nSPS) is 14.9. The highest BCUT2D eigenvalue weighted by Crippen LogP contribution is 2.41. The number of aryl methyl sites for hydroxylation is 1. The van der Waals surface area contributed by atoms with Crippen LogP contribution in [0.2, 0.25) is 0 Å². The van der Waals surface area contributed by atoms with Crippen molar-refractivity contribution in [1.82, 2.24) is 14.1 Å². The van der Waals surface area contributed by atoms with Crippen LogP contribution in [0.4, 0.5) is 0 Å². The molecular weight excluding hydrogens is 572 g/mol. The molecule has 2 aromatic carbocycles. The van der Waals surface area contributed by atoms with Gasteiger partial charge < -0.3 is 14.0 Å². The molecule has 224 valence electrons. The number of allylic oxidation sites excluding steroid dienone is 1. The Labute approximate surface area is 259 Å². The summed E-state index contributed by atoms with van der Waals surface area (Å²) < 4.78 is 15.8. The van der Waals surface area contributed by atoms with E-state index in [-0.39, 0.29) is 12.2 Å². The minimum absolute atomic E-state index is 0.206. The number of nitrogens with zero attached hydrogens (tertiary/aromatic N) is 4. The predicted molar refractivity (Wildman–Crippen MR) is 173 cm³/mol. The van der Waals surface area contributed by atoms with E-state index in [1.54, 1.807) is 24.8 Å². The smallest absolute Gasteiger partial charge is 0.338 e. The summed E-state index contributed by atoms with van der Waals surface area (Å²) in [7, 11) is 1.61. The van der Waals surface area contributed by atoms with Crippen molar-refractivity contribution in [3.63, 3.8) is 0 Å². The summed E-state index contributed by atoms with van der Waals surface area (Å²) in [5.41, 5.74) is 5.42. The first kappa shape index (κ1) is 29.3. The molecule has 8 nitrogen and oxygen atoms in total. The fraction of sp³-hybridized carbons (Fsp3) is 0.257. The molecule has 0 unspecified atom stereocenters. The Balaban J connectivity index is 1.65. The third kappa shape index (κ3) is 4.97. The van der Waals surface area contributed by atoms with E-state index in [1.807, 2.05) is 81.6 Å². The Morgan fingerprint density at radius 1 is 1.09 bits per heavy atom. The third-order valence-electron chi connectivity index (χ3n) is 7.98. The Morgan fingerprint density at radius 2 is 1.91 bits per heavy atom. The molecule has 9 heteroatoms. The molecule has 0 fully saturated rings. The van der Waals surface area contributed by atoms with Crippen molar-refractivity contribution < 1.29 is 14.3 Å². The van der Waals surface area contributed by atoms with Crippen molar-refractivity contribution in [2.75, 3.05) is 13.7 Å². The number of pyridine rings is 1. The first-order chi connectivity index (χ1) is 21.4. The number of ether oxygens (including phenoxy) is 2. The summed E-state index contributed by atoms with van der Waals surface area (Å²) >= 11 is 1.33. The molecule has 0 spiro atoms. The highest BCUT2D eigenvalue weighted by molar-refractivity contribution is 7.07. The molecule has 6 rings (SSSR count). The van der Waals surface area contributed by atoms with E-state index in [0.29, 0.717) is 32.8 Å². The quantitative estimate of drug-likeness (QED) is 0.217. The first-order valence-electron chi connectivity index (χ1n) is 14.7. The summed E-state index contributed by atoms with van der Waals surface area (Å²) in [4.78, 5) is 37.9. The van der Waals surface area contributed by atoms with Gasteiger partial charge in [0, 0.05) is 23.1 Å². The maximum absolute atomic E-state index is 14.5. The van der Waals surface area contributed by atoms with Crippen molar-refractivity contribution in [3.8, 4) is 11.4 Å². The highest BCUT2D eigenvalue weighted by Gasteiger charge is 2.37. The van der Waals surface area contributed by atoms with E-state index in [0.717, 1.165) is 45.4 Å². The van der Waals surface area contributed by atoms with E-state index in [1.165, 1.54) is 11.3 Å². The number of methoxy groups -OCH3 is 1. The van der Waals surface area contributed by atoms with Crippen LogP contribution < -0.4 is 19.6 Å². The largest absolute Gasteiger partial charge is 0.496 e. The van der Waals surface area contributed by atoms with Gasteiger partial charge in [-0.25, -0.2) is 9.79 Å². The van der Waals surface area contributed by atoms with Crippen LogP contribution in [0.1, 0.15) is 55.2 Å². The fourth-order valence-electron chi connectivity index (χ4n) is 6.09. The van der Waals surface area contributed by atoms with E-state index in [9.17, 15) is 9.59 Å². The van der Waals surface area contributed by atoms with Crippen LogP contribution in [-0.4, -0.2) is 33.8 Å². The number of benzene rings is 2. The van der Waals surface area contributed by atoms with Crippen LogP contribution in [0.25, 0.3) is 22.5 Å². The Kier molecular flexibility index (Phi) is 8.05. The van der Waals surface area contributed by atoms with E-state index >= 15 is 0 Å². The van der Waals surface area contributed by atoms with Gasteiger partial charge in [-0.15, -0.1) is 0 Å². The topological polar surface area (TPSA) is 87.7 Å². The number of fused-ring (bicyclic) bond motifs is 2. The van der Waals surface area contributed by atoms with Crippen molar-refractivity contribution in [3.05, 3.63) is 120 Å². The van der Waals surface area contributed by atoms with Crippen LogP contribution in [0.3, 0.4) is 0 Å². The highest BCUT2D eigenvalue weighted by atomic mass is 32.1. The number of hydrogen-bond acceptors (Lipinski definition) is 7. The maximum atomic E-state index is 14.5. The zero-order valence-corrected chi connectivity index (χ0v) is 26.3. The number of rotatable bonds is 8. The molecule has 0 bridgehead atoms. The van der Waals surface area contributed by atoms with Gasteiger partial charge in [0.25, 0.3) is 5.56 Å². The maximum Gasteiger partial charge on any atom is 0.338 e. The summed E-state index contributed by atoms with van der Waals surface area (Å²) in [6, 6.07) is 17.0. The standard InChI is InChI=1S/C35H34N4O4S/c1-6-11-27-31(34(41)43-7-2)32(30-26-14-9-8-12-23(26)15-16-28(30)42-5)39-33(40)29(44-35(39)37-27)19-24-18-21(3)38(22(24)4)25-13-10-17-36-20-25/h8-10,12-20,32H,6-7,11H2,1-5H3/t32-/m0/s1. The van der Waals surface area contributed by atoms with Gasteiger partial charge in [-0.05, 0) is 73.9 Å². The molecule has 0 saturated heterocycles. The second kappa shape index (κ2) is 12.1. The summed E-state index contributed by atoms with van der Waals surface area (Å²) in [6.07, 6.45) is 6.83. The molecule has 3 aromatic heterocycles. The average molecular weight is 607 g/mol. The second-order valence-electron chi connectivity index (χ2n) is 10.7. The lowest BCUT2D eigenvalue weighted by atomic mass is 9.90. The van der Waals surface area contributed by atoms with Gasteiger partial charge in [0.2, 0.25) is 0 Å². The first-order valence-corrected chi connectivity index (χ1v) is 15.6. The van der Waals surface area contributed by atoms with Crippen LogP contribution in [0.5, 0.6) is 5.75 Å². The molecule has 5 aromatic rings. The molecule has 4 heterocycles. The molecule has 1 atom stereocenters. The van der Waals surface area contributed by atoms with Gasteiger partial charge >= 0.3 is 5.97 Å². The van der Waals surface area contributed by atoms with Gasteiger partial charge in [0.1, 0.15) is 11.8 Å². The van der Waals surface area contributed by atoms with E-state index in [4.69, 9.17) is 14.5 Å². The molecule has 44 heavy (non-hydrogen) atoms. The molecule has 0 N–H and O–H groups in total. The Morgan fingerprint density at radius 3 is 2.64 bits per heavy atom. The molecule has 0 aliphatic carbocycles. The van der Waals surface area contributed by atoms with Gasteiger partial charge in [-0.2, -0.15) is 0 Å². The van der Waals surface area contributed by atoms with Crippen molar-refractivity contribution >= 4 is 34.2 Å². The number of esters is 1. The Bertz CT molecular complexity index is 2100. The number of aromatic nitrogens is 3. The van der Waals surface area contributed by atoms with Crippen molar-refractivity contribution in [2.45, 2.75) is 46.6 Å². The SMILES string of the molecule is CCCC1=C(C(=O)OCC)[C@H](c2c(OC)ccc3ccccc23)n2c(sc(=Cc3cc(C)n(-c4cccnc4)c3C)c2=O)=N1. The number of thiazole rings is 1. The van der Waals surface area contributed by atoms with Gasteiger partial charge in [-0.3, -0.25) is 14.3 Å². The fourth-order valence-corrected chi connectivity index (χ4v) is 7.10. The van der Waals surface area contributed by atoms with Crippen LogP contribution in [-0.2, 0) is 9.53 Å². The van der Waals surface area contributed by atoms with Crippen LogP contribution in [0.15, 0.2) is 88.0 Å². The summed E-state index contributed by atoms with van der Waals surface area (Å²) in [5, 5.41) is 1.87. The monoisotopic (exact) mass is 606 g/mol. The molecule has 1 aliphatic heterocycles. The second-order valence-corrected chi connectivity index (χ2v) is 11.7. The number of carbonyl (C=O) groups excluding carboxylic acids is 1. The van der Waals surface area contributed by atoms with Gasteiger partial charge in [0.05, 0.1) is 41.4 Å². The summed E-state index contributed by atoms with van der Waals surface area (Å²) in [5.74, 6) is 0.108. The molecule has 0 radical (unpaired) electrons. The minimum Gasteiger partial charge on any atom is -0.496 e. The van der Waals surface area contributed by atoms with Gasteiger partial charge in [-0.1, -0.05) is 55.0 Å².